The molecule has 1 aromatic heterocycles. The summed E-state index contributed by atoms with van der Waals surface area (Å²) >= 11 is 1.39. The number of para-hydroxylation sites is 1. The molecule has 2 aromatic carbocycles. The molecular weight excluding hydrogens is 430 g/mol. The van der Waals surface area contributed by atoms with Crippen LogP contribution in [-0.2, 0) is 24.3 Å². The molecule has 33 heavy (non-hydrogen) atoms. The van der Waals surface area contributed by atoms with E-state index in [-0.39, 0.29) is 17.2 Å². The van der Waals surface area contributed by atoms with Crippen LogP contribution in [-0.4, -0.2) is 32.7 Å². The first kappa shape index (κ1) is 22.0. The van der Waals surface area contributed by atoms with Crippen LogP contribution in [0.2, 0.25) is 0 Å². The average Bonchev–Trinajstić information content (AvgIpc) is 2.87. The number of amides is 1. The van der Waals surface area contributed by atoms with E-state index in [1.54, 1.807) is 4.57 Å². The van der Waals surface area contributed by atoms with Gasteiger partial charge < -0.3 is 4.90 Å². The van der Waals surface area contributed by atoms with Crippen LogP contribution in [0.3, 0.4) is 0 Å². The third-order valence-electron chi connectivity index (χ3n) is 6.68. The number of hydrogen-bond acceptors (Lipinski definition) is 4. The van der Waals surface area contributed by atoms with Crippen molar-refractivity contribution in [3.05, 3.63) is 81.7 Å². The van der Waals surface area contributed by atoms with Crippen molar-refractivity contribution in [3.63, 3.8) is 0 Å². The van der Waals surface area contributed by atoms with Crippen LogP contribution in [0.15, 0.2) is 70.1 Å². The van der Waals surface area contributed by atoms with Crippen molar-refractivity contribution in [1.82, 2.24) is 14.5 Å². The van der Waals surface area contributed by atoms with Crippen molar-refractivity contribution in [2.24, 2.45) is 0 Å². The van der Waals surface area contributed by atoms with Gasteiger partial charge >= 0.3 is 0 Å². The molecule has 0 N–H and O–H groups in total. The summed E-state index contributed by atoms with van der Waals surface area (Å²) in [5, 5.41) is 1.28. The maximum atomic E-state index is 13.3. The minimum absolute atomic E-state index is 0.0149. The lowest BCUT2D eigenvalue weighted by Gasteiger charge is -2.28. The van der Waals surface area contributed by atoms with Crippen LogP contribution < -0.4 is 5.56 Å². The average molecular weight is 460 g/mol. The molecule has 2 heterocycles. The van der Waals surface area contributed by atoms with E-state index in [9.17, 15) is 9.59 Å². The smallest absolute Gasteiger partial charge is 0.262 e. The molecule has 170 valence electrons. The largest absolute Gasteiger partial charge is 0.337 e. The second-order valence-corrected chi connectivity index (χ2v) is 9.79. The van der Waals surface area contributed by atoms with E-state index in [0.29, 0.717) is 29.1 Å². The van der Waals surface area contributed by atoms with Crippen LogP contribution in [0.4, 0.5) is 0 Å². The van der Waals surface area contributed by atoms with Gasteiger partial charge in [-0.3, -0.25) is 14.2 Å². The number of thioether (sulfide) groups is 1. The zero-order chi connectivity index (χ0) is 22.6. The van der Waals surface area contributed by atoms with E-state index >= 15 is 0 Å². The van der Waals surface area contributed by atoms with Crippen molar-refractivity contribution < 1.29 is 4.79 Å². The van der Waals surface area contributed by atoms with Gasteiger partial charge in [-0.05, 0) is 61.8 Å². The third-order valence-corrected chi connectivity index (χ3v) is 7.64. The summed E-state index contributed by atoms with van der Waals surface area (Å²) in [5.74, 6) is 0.383. The molecule has 0 saturated carbocycles. The number of hydrogen-bond donors (Lipinski definition) is 0. The number of carbonyl (C=O) groups is 1. The second-order valence-electron chi connectivity index (χ2n) is 8.85. The lowest BCUT2D eigenvalue weighted by Crippen LogP contribution is -2.37. The normalized spacial score (nSPS) is 15.9. The van der Waals surface area contributed by atoms with Crippen LogP contribution in [0, 0.1) is 0 Å². The molecule has 5 nitrogen and oxygen atoms in total. The molecule has 3 aromatic rings. The number of benzene rings is 2. The first-order chi connectivity index (χ1) is 16.2. The molecule has 1 aliphatic carbocycles. The number of fused-ring (bicyclic) bond motifs is 2. The first-order valence-corrected chi connectivity index (χ1v) is 12.8. The summed E-state index contributed by atoms with van der Waals surface area (Å²) in [6, 6.07) is 15.8. The Bertz CT molecular complexity index is 1260. The van der Waals surface area contributed by atoms with Gasteiger partial charge in [0, 0.05) is 19.6 Å². The zero-order valence-corrected chi connectivity index (χ0v) is 19.7. The lowest BCUT2D eigenvalue weighted by atomic mass is 9.97. The maximum Gasteiger partial charge on any atom is 0.262 e. The predicted octanol–water partition coefficient (Wildman–Crippen LogP) is 4.96. The van der Waals surface area contributed by atoms with E-state index in [1.807, 2.05) is 35.2 Å². The molecule has 1 amide bonds. The van der Waals surface area contributed by atoms with Crippen molar-refractivity contribution in [2.45, 2.75) is 56.8 Å². The standard InChI is InChI=1S/C27H29N3O2S/c31-25(29-16-15-21-10-4-5-11-22(21)18-29)19-33-27-28-24-13-7-6-12-23(24)26(32)30(27)17-14-20-8-2-1-3-9-20/h4-8,10-13H,1-3,9,14-19H2. The van der Waals surface area contributed by atoms with Gasteiger partial charge in [-0.15, -0.1) is 0 Å². The monoisotopic (exact) mass is 459 g/mol. The highest BCUT2D eigenvalue weighted by Gasteiger charge is 2.21. The van der Waals surface area contributed by atoms with E-state index in [2.05, 4.69) is 24.3 Å². The number of aromatic nitrogens is 2. The summed E-state index contributed by atoms with van der Waals surface area (Å²) in [6.07, 6.45) is 8.82. The summed E-state index contributed by atoms with van der Waals surface area (Å²) in [7, 11) is 0. The molecule has 0 radical (unpaired) electrons. The highest BCUT2D eigenvalue weighted by Crippen LogP contribution is 2.24. The second kappa shape index (κ2) is 9.96. The summed E-state index contributed by atoms with van der Waals surface area (Å²) in [4.78, 5) is 33.0. The predicted molar refractivity (Wildman–Crippen MR) is 133 cm³/mol. The molecular formula is C27H29N3O2S. The van der Waals surface area contributed by atoms with Gasteiger partial charge in [0.1, 0.15) is 0 Å². The highest BCUT2D eigenvalue weighted by molar-refractivity contribution is 7.99. The molecule has 1 aliphatic heterocycles. The van der Waals surface area contributed by atoms with Gasteiger partial charge in [-0.25, -0.2) is 4.98 Å². The molecule has 5 rings (SSSR count). The summed E-state index contributed by atoms with van der Waals surface area (Å²) < 4.78 is 1.78. The Balaban J connectivity index is 1.34. The number of nitrogens with zero attached hydrogens (tertiary/aromatic N) is 3. The molecule has 6 heteroatoms. The molecule has 0 fully saturated rings. The Morgan fingerprint density at radius 3 is 2.67 bits per heavy atom. The van der Waals surface area contributed by atoms with Crippen molar-refractivity contribution in [1.29, 1.82) is 0 Å². The molecule has 0 saturated heterocycles. The van der Waals surface area contributed by atoms with Crippen LogP contribution in [0.25, 0.3) is 10.9 Å². The highest BCUT2D eigenvalue weighted by atomic mass is 32.2. The van der Waals surface area contributed by atoms with Crippen molar-refractivity contribution in [3.8, 4) is 0 Å². The van der Waals surface area contributed by atoms with Gasteiger partial charge in [-0.2, -0.15) is 0 Å². The van der Waals surface area contributed by atoms with Gasteiger partial charge in [0.15, 0.2) is 5.16 Å². The molecule has 0 spiro atoms. The van der Waals surface area contributed by atoms with Crippen LogP contribution >= 0.6 is 11.8 Å². The van der Waals surface area contributed by atoms with Crippen molar-refractivity contribution >= 4 is 28.6 Å². The minimum atomic E-state index is -0.0149. The lowest BCUT2D eigenvalue weighted by molar-refractivity contribution is -0.129. The number of rotatable bonds is 6. The topological polar surface area (TPSA) is 55.2 Å². The fourth-order valence-corrected chi connectivity index (χ4v) is 5.70. The SMILES string of the molecule is O=C(CSc1nc2ccccc2c(=O)n1CCC1=CCCCC1)N1CCc2ccccc2C1. The van der Waals surface area contributed by atoms with Crippen molar-refractivity contribution in [2.75, 3.05) is 12.3 Å². The number of allylic oxidation sites excluding steroid dienone is 2. The Labute approximate surface area is 198 Å². The first-order valence-electron chi connectivity index (χ1n) is 11.8. The Hall–Kier alpha value is -2.86. The Morgan fingerprint density at radius 1 is 1.00 bits per heavy atom. The maximum absolute atomic E-state index is 13.3. The zero-order valence-electron chi connectivity index (χ0n) is 18.8. The van der Waals surface area contributed by atoms with E-state index < -0.39 is 0 Å². The Morgan fingerprint density at radius 2 is 1.82 bits per heavy atom. The summed E-state index contributed by atoms with van der Waals surface area (Å²) in [5.41, 5.74) is 4.66. The third kappa shape index (κ3) is 4.91. The quantitative estimate of drug-likeness (QED) is 0.297. The van der Waals surface area contributed by atoms with Gasteiger partial charge in [-0.1, -0.05) is 59.8 Å². The van der Waals surface area contributed by atoms with E-state index in [0.717, 1.165) is 32.2 Å². The van der Waals surface area contributed by atoms with Gasteiger partial charge in [0.05, 0.1) is 16.7 Å². The van der Waals surface area contributed by atoms with Gasteiger partial charge in [0.25, 0.3) is 5.56 Å². The number of carbonyl (C=O) groups excluding carboxylic acids is 1. The molecule has 2 aliphatic rings. The summed E-state index contributed by atoms with van der Waals surface area (Å²) in [6.45, 7) is 2.00. The minimum Gasteiger partial charge on any atom is -0.337 e. The van der Waals surface area contributed by atoms with Crippen LogP contribution in [0.1, 0.15) is 43.2 Å². The van der Waals surface area contributed by atoms with Gasteiger partial charge in [0.2, 0.25) is 5.91 Å². The molecule has 0 unspecified atom stereocenters. The molecule has 0 atom stereocenters. The Kier molecular flexibility index (Phi) is 6.63. The fraction of sp³-hybridized carbons (Fsp3) is 0.370. The van der Waals surface area contributed by atoms with E-state index in [1.165, 1.54) is 41.3 Å². The fourth-order valence-electron chi connectivity index (χ4n) is 4.77. The molecule has 0 bridgehead atoms. The van der Waals surface area contributed by atoms with E-state index in [4.69, 9.17) is 4.98 Å². The van der Waals surface area contributed by atoms with Crippen LogP contribution in [0.5, 0.6) is 0 Å².